The lowest BCUT2D eigenvalue weighted by molar-refractivity contribution is -0.189. The molecular formula is C30H25F9O2S. The van der Waals surface area contributed by atoms with E-state index >= 15 is 0 Å². The third-order valence-corrected chi connectivity index (χ3v) is 7.64. The molecule has 0 unspecified atom stereocenters. The highest BCUT2D eigenvalue weighted by molar-refractivity contribution is 8.03. The van der Waals surface area contributed by atoms with E-state index in [0.29, 0.717) is 36.1 Å². The van der Waals surface area contributed by atoms with Gasteiger partial charge in [-0.25, -0.2) is 22.0 Å². The van der Waals surface area contributed by atoms with Crippen LogP contribution in [0.2, 0.25) is 0 Å². The summed E-state index contributed by atoms with van der Waals surface area (Å²) in [5, 5.41) is -1.14. The van der Waals surface area contributed by atoms with Crippen molar-refractivity contribution in [1.29, 1.82) is 0 Å². The Morgan fingerprint density at radius 2 is 1.43 bits per heavy atom. The Morgan fingerprint density at radius 3 is 1.95 bits per heavy atom. The van der Waals surface area contributed by atoms with Crippen LogP contribution in [0.25, 0.3) is 17.0 Å². The standard InChI is InChI=1S/C30H25F9O2S/c1-2-9-42-29(36)28(35)19-12-21(31)26(22(32)13-19)18-6-4-17(5-7-18)20-14-40-25(41-15-20)8-3-16-10-23(33)27(24(34)11-16)30(37,38)39/h4-7,10-13,20,25H,2-3,8-9,14-15H2,1H3. The Balaban J connectivity index is 1.36. The quantitative estimate of drug-likeness (QED) is 0.222. The number of halogens is 9. The van der Waals surface area contributed by atoms with Gasteiger partial charge in [-0.05, 0) is 53.8 Å². The fourth-order valence-electron chi connectivity index (χ4n) is 4.49. The number of alkyl halides is 3. The first kappa shape index (κ1) is 32.0. The highest BCUT2D eigenvalue weighted by Crippen LogP contribution is 2.36. The summed E-state index contributed by atoms with van der Waals surface area (Å²) in [5.74, 6) is -6.76. The lowest BCUT2D eigenvalue weighted by Gasteiger charge is -2.30. The molecule has 0 aliphatic carbocycles. The van der Waals surface area contributed by atoms with Crippen LogP contribution in [0.5, 0.6) is 0 Å². The van der Waals surface area contributed by atoms with Crippen LogP contribution in [-0.4, -0.2) is 25.3 Å². The van der Waals surface area contributed by atoms with Gasteiger partial charge in [0.25, 0.3) is 0 Å². The monoisotopic (exact) mass is 620 g/mol. The molecule has 1 aliphatic rings. The fraction of sp³-hybridized carbons (Fsp3) is 0.333. The highest BCUT2D eigenvalue weighted by atomic mass is 32.2. The average molecular weight is 621 g/mol. The number of thioether (sulfide) groups is 1. The number of ether oxygens (including phenoxy) is 2. The summed E-state index contributed by atoms with van der Waals surface area (Å²) in [4.78, 5) is 0. The summed E-state index contributed by atoms with van der Waals surface area (Å²) in [5.41, 5.74) is -1.94. The summed E-state index contributed by atoms with van der Waals surface area (Å²) in [6, 6.07) is 8.94. The molecule has 0 aromatic heterocycles. The number of rotatable bonds is 9. The Bertz CT molecular complexity index is 1380. The SMILES string of the molecule is CCCSC(F)=C(F)c1cc(F)c(-c2ccc(C3COC(CCc4cc(F)c(C(F)(F)F)c(F)c4)OC3)cc2)c(F)c1. The van der Waals surface area contributed by atoms with Gasteiger partial charge >= 0.3 is 6.18 Å². The summed E-state index contributed by atoms with van der Waals surface area (Å²) in [7, 11) is 0. The minimum Gasteiger partial charge on any atom is -0.352 e. The van der Waals surface area contributed by atoms with Crippen molar-refractivity contribution in [3.8, 4) is 11.1 Å². The van der Waals surface area contributed by atoms with E-state index in [-0.39, 0.29) is 43.1 Å². The van der Waals surface area contributed by atoms with Gasteiger partial charge in [0, 0.05) is 23.7 Å². The largest absolute Gasteiger partial charge is 0.422 e. The molecule has 0 spiro atoms. The first-order valence-corrected chi connectivity index (χ1v) is 13.9. The Morgan fingerprint density at radius 1 is 0.857 bits per heavy atom. The second kappa shape index (κ2) is 13.6. The Labute approximate surface area is 240 Å². The number of hydrogen-bond acceptors (Lipinski definition) is 3. The van der Waals surface area contributed by atoms with Crippen LogP contribution in [0.4, 0.5) is 39.5 Å². The summed E-state index contributed by atoms with van der Waals surface area (Å²) in [6.45, 7) is 2.15. The Kier molecular flexibility index (Phi) is 10.3. The molecule has 4 rings (SSSR count). The van der Waals surface area contributed by atoms with Gasteiger partial charge in [-0.2, -0.15) is 17.6 Å². The molecule has 1 saturated heterocycles. The van der Waals surface area contributed by atoms with Crippen LogP contribution >= 0.6 is 11.8 Å². The van der Waals surface area contributed by atoms with Crippen molar-refractivity contribution >= 4 is 17.6 Å². The van der Waals surface area contributed by atoms with Gasteiger partial charge in [-0.3, -0.25) is 0 Å². The molecule has 3 aromatic carbocycles. The van der Waals surface area contributed by atoms with E-state index in [1.165, 1.54) is 12.1 Å². The number of hydrogen-bond donors (Lipinski definition) is 0. The van der Waals surface area contributed by atoms with Gasteiger partial charge in [-0.1, -0.05) is 43.0 Å². The van der Waals surface area contributed by atoms with Gasteiger partial charge in [-0.15, -0.1) is 0 Å². The molecule has 0 amide bonds. The van der Waals surface area contributed by atoms with E-state index in [1.807, 2.05) is 0 Å². The van der Waals surface area contributed by atoms with Gasteiger partial charge in [0.05, 0.1) is 18.8 Å². The minimum atomic E-state index is -5.15. The molecule has 1 heterocycles. The van der Waals surface area contributed by atoms with Crippen LogP contribution in [-0.2, 0) is 22.1 Å². The van der Waals surface area contributed by atoms with Crippen molar-refractivity contribution in [1.82, 2.24) is 0 Å². The molecule has 0 radical (unpaired) electrons. The van der Waals surface area contributed by atoms with Crippen molar-refractivity contribution in [2.24, 2.45) is 0 Å². The van der Waals surface area contributed by atoms with Gasteiger partial charge < -0.3 is 9.47 Å². The summed E-state index contributed by atoms with van der Waals surface area (Å²) < 4.78 is 135. The molecule has 0 bridgehead atoms. The van der Waals surface area contributed by atoms with E-state index in [0.717, 1.165) is 17.7 Å². The van der Waals surface area contributed by atoms with Crippen LogP contribution in [0, 0.1) is 23.3 Å². The first-order chi connectivity index (χ1) is 19.9. The maximum atomic E-state index is 14.8. The normalized spacial score (nSPS) is 18.2. The molecule has 42 heavy (non-hydrogen) atoms. The molecule has 0 N–H and O–H groups in total. The molecule has 12 heteroatoms. The van der Waals surface area contributed by atoms with Crippen molar-refractivity contribution in [2.75, 3.05) is 19.0 Å². The molecule has 1 aliphatic heterocycles. The van der Waals surface area contributed by atoms with Gasteiger partial charge in [0.15, 0.2) is 17.3 Å². The zero-order valence-corrected chi connectivity index (χ0v) is 23.0. The third-order valence-electron chi connectivity index (χ3n) is 6.59. The number of aryl methyl sites for hydroxylation is 1. The second-order valence-electron chi connectivity index (χ2n) is 9.64. The zero-order chi connectivity index (χ0) is 30.6. The van der Waals surface area contributed by atoms with Crippen molar-refractivity contribution in [3.05, 3.63) is 99.2 Å². The van der Waals surface area contributed by atoms with E-state index in [2.05, 4.69) is 0 Å². The van der Waals surface area contributed by atoms with Crippen molar-refractivity contribution in [3.63, 3.8) is 0 Å². The third kappa shape index (κ3) is 7.51. The van der Waals surface area contributed by atoms with Crippen LogP contribution < -0.4 is 0 Å². The lowest BCUT2D eigenvalue weighted by atomic mass is 9.95. The van der Waals surface area contributed by atoms with Crippen LogP contribution in [0.3, 0.4) is 0 Å². The van der Waals surface area contributed by atoms with Gasteiger partial charge in [0.2, 0.25) is 0 Å². The van der Waals surface area contributed by atoms with E-state index < -0.39 is 63.4 Å². The molecule has 226 valence electrons. The van der Waals surface area contributed by atoms with Crippen molar-refractivity contribution in [2.45, 2.75) is 44.6 Å². The Hall–Kier alpha value is -2.96. The first-order valence-electron chi connectivity index (χ1n) is 12.9. The van der Waals surface area contributed by atoms with E-state index in [1.54, 1.807) is 19.1 Å². The zero-order valence-electron chi connectivity index (χ0n) is 22.1. The predicted molar refractivity (Wildman–Crippen MR) is 142 cm³/mol. The molecule has 3 aromatic rings. The topological polar surface area (TPSA) is 18.5 Å². The fourth-order valence-corrected chi connectivity index (χ4v) is 5.12. The molecule has 1 fully saturated rings. The molecule has 2 nitrogen and oxygen atoms in total. The summed E-state index contributed by atoms with van der Waals surface area (Å²) >= 11 is 0.622. The minimum absolute atomic E-state index is 0.00976. The lowest BCUT2D eigenvalue weighted by Crippen LogP contribution is -2.31. The molecule has 0 atom stereocenters. The maximum Gasteiger partial charge on any atom is 0.422 e. The van der Waals surface area contributed by atoms with E-state index in [9.17, 15) is 39.5 Å². The van der Waals surface area contributed by atoms with Crippen molar-refractivity contribution < 1.29 is 49.0 Å². The summed E-state index contributed by atoms with van der Waals surface area (Å²) in [6.07, 6.45) is -5.15. The number of benzene rings is 3. The van der Waals surface area contributed by atoms with Crippen LogP contribution in [0.1, 0.15) is 47.9 Å². The highest BCUT2D eigenvalue weighted by Gasteiger charge is 2.38. The average Bonchev–Trinajstić information content (AvgIpc) is 2.93. The molecular weight excluding hydrogens is 595 g/mol. The predicted octanol–water partition coefficient (Wildman–Crippen LogP) is 9.73. The second-order valence-corrected chi connectivity index (χ2v) is 10.7. The van der Waals surface area contributed by atoms with Crippen LogP contribution in [0.15, 0.2) is 53.7 Å². The molecule has 0 saturated carbocycles. The van der Waals surface area contributed by atoms with Gasteiger partial charge in [0.1, 0.15) is 28.8 Å². The van der Waals surface area contributed by atoms with E-state index in [4.69, 9.17) is 9.47 Å². The maximum absolute atomic E-state index is 14.8. The smallest absolute Gasteiger partial charge is 0.352 e.